The van der Waals surface area contributed by atoms with Crippen LogP contribution in [0.25, 0.3) is 44.0 Å². The number of hydrogen-bond acceptors (Lipinski definition) is 5. The number of para-hydroxylation sites is 2. The minimum atomic E-state index is -0.527. The average molecular weight is 491 g/mol. The lowest BCUT2D eigenvalue weighted by Gasteiger charge is -2.17. The smallest absolute Gasteiger partial charge is 0.349 e. The molecule has 6 heteroatoms. The van der Waals surface area contributed by atoms with Crippen molar-refractivity contribution in [2.45, 2.75) is 0 Å². The van der Waals surface area contributed by atoms with Crippen LogP contribution in [0.2, 0.25) is 5.02 Å². The Morgan fingerprint density at radius 2 is 1.31 bits per heavy atom. The van der Waals surface area contributed by atoms with Crippen molar-refractivity contribution in [1.29, 1.82) is 0 Å². The van der Waals surface area contributed by atoms with Crippen LogP contribution in [0.15, 0.2) is 103 Å². The van der Waals surface area contributed by atoms with Crippen molar-refractivity contribution in [3.8, 4) is 22.6 Å². The summed E-state index contributed by atoms with van der Waals surface area (Å²) >= 11 is 5.94. The molecule has 0 bridgehead atoms. The number of benzene rings is 5. The fourth-order valence-electron chi connectivity index (χ4n) is 4.29. The van der Waals surface area contributed by atoms with E-state index in [1.807, 2.05) is 78.9 Å². The van der Waals surface area contributed by atoms with Crippen LogP contribution in [-0.2, 0) is 4.79 Å². The van der Waals surface area contributed by atoms with E-state index in [0.717, 1.165) is 32.9 Å². The van der Waals surface area contributed by atoms with Crippen molar-refractivity contribution in [3.63, 3.8) is 0 Å². The quantitative estimate of drug-likeness (QED) is 0.110. The summed E-state index contributed by atoms with van der Waals surface area (Å²) in [6.07, 6.45) is 0. The number of rotatable bonds is 5. The molecule has 0 aliphatic heterocycles. The highest BCUT2D eigenvalue weighted by molar-refractivity contribution is 6.30. The fraction of sp³-hybridized carbons (Fsp3) is 0.0333. The van der Waals surface area contributed by atoms with E-state index in [1.165, 1.54) is 0 Å². The highest BCUT2D eigenvalue weighted by Gasteiger charge is 2.22. The highest BCUT2D eigenvalue weighted by Crippen LogP contribution is 2.43. The van der Waals surface area contributed by atoms with Crippen LogP contribution in [0.5, 0.6) is 11.5 Å². The fourth-order valence-corrected chi connectivity index (χ4v) is 4.41. The number of carbonyl (C=O) groups is 1. The van der Waals surface area contributed by atoms with E-state index in [9.17, 15) is 4.79 Å². The maximum Gasteiger partial charge on any atom is 0.349 e. The molecule has 0 radical (unpaired) electrons. The van der Waals surface area contributed by atoms with Gasteiger partial charge in [0.15, 0.2) is 6.61 Å². The third-order valence-electron chi connectivity index (χ3n) is 5.91. The Balaban J connectivity index is 1.53. The SMILES string of the molecule is O=C(COc1ccc(Cl)cc1)Oc1c(-c2ccccc2)c2nc3ccccc3nc2c2ccccc12. The van der Waals surface area contributed by atoms with E-state index >= 15 is 0 Å². The molecule has 36 heavy (non-hydrogen) atoms. The van der Waals surface area contributed by atoms with Gasteiger partial charge in [-0.2, -0.15) is 0 Å². The maximum absolute atomic E-state index is 13.0. The predicted molar refractivity (Wildman–Crippen MR) is 143 cm³/mol. The molecule has 6 rings (SSSR count). The Morgan fingerprint density at radius 3 is 2.03 bits per heavy atom. The van der Waals surface area contributed by atoms with Gasteiger partial charge in [0.2, 0.25) is 0 Å². The number of nitrogens with zero attached hydrogens (tertiary/aromatic N) is 2. The van der Waals surface area contributed by atoms with Gasteiger partial charge in [0.05, 0.1) is 22.1 Å². The Morgan fingerprint density at radius 1 is 0.694 bits per heavy atom. The summed E-state index contributed by atoms with van der Waals surface area (Å²) in [6, 6.07) is 32.1. The topological polar surface area (TPSA) is 61.3 Å². The molecule has 5 nitrogen and oxygen atoms in total. The van der Waals surface area contributed by atoms with Gasteiger partial charge in [-0.05, 0) is 42.0 Å². The molecule has 0 unspecified atom stereocenters. The molecule has 0 saturated heterocycles. The van der Waals surface area contributed by atoms with Crippen LogP contribution >= 0.6 is 11.6 Å². The van der Waals surface area contributed by atoms with E-state index in [0.29, 0.717) is 27.6 Å². The first-order valence-corrected chi connectivity index (χ1v) is 11.8. The first kappa shape index (κ1) is 22.0. The molecule has 1 heterocycles. The molecule has 6 aromatic rings. The number of halogens is 1. The van der Waals surface area contributed by atoms with E-state index in [-0.39, 0.29) is 6.61 Å². The maximum atomic E-state index is 13.0. The van der Waals surface area contributed by atoms with Gasteiger partial charge < -0.3 is 9.47 Å². The average Bonchev–Trinajstić information content (AvgIpc) is 2.92. The van der Waals surface area contributed by atoms with Crippen LogP contribution in [0, 0.1) is 0 Å². The van der Waals surface area contributed by atoms with Gasteiger partial charge in [-0.1, -0.05) is 78.3 Å². The largest absolute Gasteiger partial charge is 0.482 e. The molecule has 0 aliphatic carbocycles. The summed E-state index contributed by atoms with van der Waals surface area (Å²) < 4.78 is 11.7. The lowest BCUT2D eigenvalue weighted by Crippen LogP contribution is -2.18. The molecule has 0 atom stereocenters. The van der Waals surface area contributed by atoms with Gasteiger partial charge in [-0.25, -0.2) is 14.8 Å². The second-order valence-corrected chi connectivity index (χ2v) is 8.68. The molecule has 174 valence electrons. The second-order valence-electron chi connectivity index (χ2n) is 8.24. The first-order valence-electron chi connectivity index (χ1n) is 11.4. The van der Waals surface area contributed by atoms with Crippen LogP contribution < -0.4 is 9.47 Å². The molecular formula is C30H19ClN2O3. The van der Waals surface area contributed by atoms with Crippen LogP contribution in [0.1, 0.15) is 0 Å². The van der Waals surface area contributed by atoms with Crippen LogP contribution in [0.4, 0.5) is 0 Å². The minimum absolute atomic E-state index is 0.258. The molecule has 0 aliphatic rings. The van der Waals surface area contributed by atoms with Crippen molar-refractivity contribution in [2.24, 2.45) is 0 Å². The minimum Gasteiger partial charge on any atom is -0.482 e. The summed E-state index contributed by atoms with van der Waals surface area (Å²) in [7, 11) is 0. The number of carbonyl (C=O) groups excluding carboxylic acids is 1. The normalized spacial score (nSPS) is 11.1. The lowest BCUT2D eigenvalue weighted by atomic mass is 9.96. The van der Waals surface area contributed by atoms with Crippen molar-refractivity contribution < 1.29 is 14.3 Å². The molecule has 0 fully saturated rings. The second kappa shape index (κ2) is 9.29. The van der Waals surface area contributed by atoms with Gasteiger partial charge in [-0.3, -0.25) is 0 Å². The van der Waals surface area contributed by atoms with Gasteiger partial charge in [-0.15, -0.1) is 0 Å². The molecule has 0 spiro atoms. The van der Waals surface area contributed by atoms with Crippen molar-refractivity contribution in [2.75, 3.05) is 6.61 Å². The van der Waals surface area contributed by atoms with E-state index in [1.54, 1.807) is 24.3 Å². The van der Waals surface area contributed by atoms with Gasteiger partial charge in [0.1, 0.15) is 17.0 Å². The number of esters is 1. The molecule has 1 aromatic heterocycles. The zero-order chi connectivity index (χ0) is 24.5. The first-order chi connectivity index (χ1) is 17.7. The molecule has 0 saturated carbocycles. The Kier molecular flexibility index (Phi) is 5.68. The van der Waals surface area contributed by atoms with Gasteiger partial charge in [0, 0.05) is 15.8 Å². The van der Waals surface area contributed by atoms with E-state index < -0.39 is 5.97 Å². The Hall–Kier alpha value is -4.48. The van der Waals surface area contributed by atoms with Crippen LogP contribution in [-0.4, -0.2) is 22.5 Å². The van der Waals surface area contributed by atoms with Crippen molar-refractivity contribution in [3.05, 3.63) is 108 Å². The number of hydrogen-bond donors (Lipinski definition) is 0. The van der Waals surface area contributed by atoms with Crippen molar-refractivity contribution in [1.82, 2.24) is 9.97 Å². The van der Waals surface area contributed by atoms with Gasteiger partial charge >= 0.3 is 5.97 Å². The van der Waals surface area contributed by atoms with Gasteiger partial charge in [0.25, 0.3) is 0 Å². The van der Waals surface area contributed by atoms with E-state index in [2.05, 4.69) is 0 Å². The molecule has 0 N–H and O–H groups in total. The lowest BCUT2D eigenvalue weighted by molar-refractivity contribution is -0.136. The number of fused-ring (bicyclic) bond motifs is 4. The third kappa shape index (κ3) is 4.10. The summed E-state index contributed by atoms with van der Waals surface area (Å²) in [4.78, 5) is 23.0. The van der Waals surface area contributed by atoms with Crippen LogP contribution in [0.3, 0.4) is 0 Å². The van der Waals surface area contributed by atoms with Crippen molar-refractivity contribution >= 4 is 50.4 Å². The predicted octanol–water partition coefficient (Wildman–Crippen LogP) is 7.24. The Bertz CT molecular complexity index is 1740. The highest BCUT2D eigenvalue weighted by atomic mass is 35.5. The molecular weight excluding hydrogens is 472 g/mol. The zero-order valence-electron chi connectivity index (χ0n) is 19.0. The summed E-state index contributed by atoms with van der Waals surface area (Å²) in [5, 5.41) is 2.22. The summed E-state index contributed by atoms with van der Waals surface area (Å²) in [6.45, 7) is -0.258. The summed E-state index contributed by atoms with van der Waals surface area (Å²) in [5.41, 5.74) is 4.57. The zero-order valence-corrected chi connectivity index (χ0v) is 19.8. The number of ether oxygens (including phenoxy) is 2. The standard InChI is InChI=1S/C30H19ClN2O3/c31-20-14-16-21(17-15-20)35-18-26(34)36-30-23-11-5-4-10-22(23)28-29(27(30)19-8-2-1-3-9-19)33-25-13-7-6-12-24(25)32-28/h1-17H,18H2. The summed E-state index contributed by atoms with van der Waals surface area (Å²) in [5.74, 6) is 0.430. The molecule has 0 amide bonds. The molecule has 5 aromatic carbocycles. The third-order valence-corrected chi connectivity index (χ3v) is 6.16. The monoisotopic (exact) mass is 490 g/mol. The van der Waals surface area contributed by atoms with E-state index in [4.69, 9.17) is 31.0 Å². The number of aromatic nitrogens is 2. The Labute approximate surface area is 211 Å².